The lowest BCUT2D eigenvalue weighted by atomic mass is 9.99. The molecule has 1 aliphatic rings. The van der Waals surface area contributed by atoms with Crippen LogP contribution >= 0.6 is 0 Å². The van der Waals surface area contributed by atoms with Gasteiger partial charge in [-0.2, -0.15) is 5.10 Å². The number of anilines is 1. The predicted octanol–water partition coefficient (Wildman–Crippen LogP) is 4.20. The first kappa shape index (κ1) is 20.0. The van der Waals surface area contributed by atoms with E-state index in [0.717, 1.165) is 41.2 Å². The molecule has 1 amide bonds. The van der Waals surface area contributed by atoms with Crippen LogP contribution in [0.5, 0.6) is 0 Å². The molecular weight excluding hydrogens is 385 g/mol. The van der Waals surface area contributed by atoms with Crippen LogP contribution < -0.4 is 10.6 Å². The van der Waals surface area contributed by atoms with Crippen molar-refractivity contribution in [2.24, 2.45) is 0 Å². The van der Waals surface area contributed by atoms with Crippen LogP contribution in [0.2, 0.25) is 0 Å². The molecule has 1 aliphatic heterocycles. The Kier molecular flexibility index (Phi) is 5.26. The van der Waals surface area contributed by atoms with Gasteiger partial charge in [0.25, 0.3) is 0 Å². The average Bonchev–Trinajstić information content (AvgIpc) is 3.06. The number of aromatic nitrogens is 3. The van der Waals surface area contributed by atoms with E-state index >= 15 is 0 Å². The van der Waals surface area contributed by atoms with Gasteiger partial charge in [0.05, 0.1) is 12.2 Å². The first-order chi connectivity index (χ1) is 14.3. The zero-order valence-electron chi connectivity index (χ0n) is 17.2. The molecule has 2 N–H and O–H groups in total. The minimum absolute atomic E-state index is 0.293. The van der Waals surface area contributed by atoms with Crippen LogP contribution in [0.1, 0.15) is 26.5 Å². The first-order valence-corrected chi connectivity index (χ1v) is 9.83. The largest absolute Gasteiger partial charge is 0.444 e. The number of hydrogen-bond acceptors (Lipinski definition) is 5. The summed E-state index contributed by atoms with van der Waals surface area (Å²) in [5.74, 6) is 0.0919. The molecule has 4 rings (SSSR count). The second kappa shape index (κ2) is 7.87. The van der Waals surface area contributed by atoms with Crippen molar-refractivity contribution < 1.29 is 13.9 Å². The molecule has 3 aromatic rings. The quantitative estimate of drug-likeness (QED) is 0.678. The summed E-state index contributed by atoms with van der Waals surface area (Å²) in [5, 5.41) is 10.8. The van der Waals surface area contributed by atoms with E-state index in [2.05, 4.69) is 15.6 Å². The zero-order valence-corrected chi connectivity index (χ0v) is 17.2. The molecule has 0 atom stereocenters. The number of carbonyl (C=O) groups is 1. The SMILES string of the molecule is CC(C)(C)OC(=O)Nc1cc(-c2c(-c3ccc(F)cc3)nn3c2CNCC3)ccn1. The number of ether oxygens (including phenoxy) is 1. The molecule has 0 aliphatic carbocycles. The molecule has 0 fully saturated rings. The fourth-order valence-electron chi connectivity index (χ4n) is 3.43. The van der Waals surface area contributed by atoms with Gasteiger partial charge < -0.3 is 10.1 Å². The maximum atomic E-state index is 13.4. The molecular formula is C22H24FN5O2. The van der Waals surface area contributed by atoms with Crippen molar-refractivity contribution in [2.45, 2.75) is 39.5 Å². The Hall–Kier alpha value is -3.26. The van der Waals surface area contributed by atoms with Crippen molar-refractivity contribution in [1.82, 2.24) is 20.1 Å². The number of hydrogen-bond donors (Lipinski definition) is 2. The van der Waals surface area contributed by atoms with E-state index in [4.69, 9.17) is 9.84 Å². The van der Waals surface area contributed by atoms with Crippen molar-refractivity contribution in [3.8, 4) is 22.4 Å². The van der Waals surface area contributed by atoms with Gasteiger partial charge in [-0.3, -0.25) is 10.00 Å². The van der Waals surface area contributed by atoms with Crippen LogP contribution in [0, 0.1) is 5.82 Å². The summed E-state index contributed by atoms with van der Waals surface area (Å²) in [7, 11) is 0. The molecule has 156 valence electrons. The van der Waals surface area contributed by atoms with Gasteiger partial charge in [-0.1, -0.05) is 0 Å². The molecule has 0 radical (unpaired) electrons. The van der Waals surface area contributed by atoms with Crippen molar-refractivity contribution in [3.05, 3.63) is 54.1 Å². The molecule has 0 spiro atoms. The summed E-state index contributed by atoms with van der Waals surface area (Å²) in [6.07, 6.45) is 1.07. The Balaban J connectivity index is 1.74. The summed E-state index contributed by atoms with van der Waals surface area (Å²) in [6, 6.07) is 9.97. The summed E-state index contributed by atoms with van der Waals surface area (Å²) in [6.45, 7) is 7.66. The number of fused-ring (bicyclic) bond motifs is 1. The van der Waals surface area contributed by atoms with Crippen LogP contribution in [0.4, 0.5) is 15.0 Å². The molecule has 0 saturated heterocycles. The second-order valence-electron chi connectivity index (χ2n) is 8.13. The van der Waals surface area contributed by atoms with E-state index in [0.29, 0.717) is 12.4 Å². The van der Waals surface area contributed by atoms with Crippen LogP contribution in [0.15, 0.2) is 42.6 Å². The number of amides is 1. The maximum Gasteiger partial charge on any atom is 0.413 e. The molecule has 30 heavy (non-hydrogen) atoms. The third-order valence-corrected chi connectivity index (χ3v) is 4.65. The predicted molar refractivity (Wildman–Crippen MR) is 112 cm³/mol. The van der Waals surface area contributed by atoms with Crippen molar-refractivity contribution in [1.29, 1.82) is 0 Å². The maximum absolute atomic E-state index is 13.4. The standard InChI is InChI=1S/C22H24FN5O2/c1-22(2,3)30-21(29)26-18-12-15(8-9-25-18)19-17-13-24-10-11-28(17)27-20(19)14-4-6-16(23)7-5-14/h4-9,12,24H,10-11,13H2,1-3H3,(H,25,26,29). The first-order valence-electron chi connectivity index (χ1n) is 9.83. The van der Waals surface area contributed by atoms with Gasteiger partial charge in [0.15, 0.2) is 0 Å². The fourth-order valence-corrected chi connectivity index (χ4v) is 3.43. The molecule has 0 unspecified atom stereocenters. The molecule has 0 bridgehead atoms. The van der Waals surface area contributed by atoms with Crippen molar-refractivity contribution in [3.63, 3.8) is 0 Å². The number of nitrogens with one attached hydrogen (secondary N) is 2. The van der Waals surface area contributed by atoms with Crippen LogP contribution in [-0.2, 0) is 17.8 Å². The lowest BCUT2D eigenvalue weighted by molar-refractivity contribution is 0.0635. The Labute approximate surface area is 174 Å². The molecule has 8 heteroatoms. The third-order valence-electron chi connectivity index (χ3n) is 4.65. The fraction of sp³-hybridized carbons (Fsp3) is 0.318. The highest BCUT2D eigenvalue weighted by Gasteiger charge is 2.23. The molecule has 1 aromatic carbocycles. The average molecular weight is 409 g/mol. The van der Waals surface area contributed by atoms with E-state index in [1.165, 1.54) is 12.1 Å². The third kappa shape index (κ3) is 4.33. The summed E-state index contributed by atoms with van der Waals surface area (Å²) >= 11 is 0. The van der Waals surface area contributed by atoms with Crippen LogP contribution in [0.3, 0.4) is 0 Å². The summed E-state index contributed by atoms with van der Waals surface area (Å²) in [5.41, 5.74) is 3.82. The number of rotatable bonds is 3. The number of halogens is 1. The lowest BCUT2D eigenvalue weighted by Gasteiger charge is -2.19. The number of pyridine rings is 1. The summed E-state index contributed by atoms with van der Waals surface area (Å²) in [4.78, 5) is 16.4. The van der Waals surface area contributed by atoms with Gasteiger partial charge in [0.2, 0.25) is 0 Å². The van der Waals surface area contributed by atoms with E-state index in [-0.39, 0.29) is 5.82 Å². The van der Waals surface area contributed by atoms with Gasteiger partial charge >= 0.3 is 6.09 Å². The second-order valence-corrected chi connectivity index (χ2v) is 8.13. The van der Waals surface area contributed by atoms with E-state index in [1.807, 2.05) is 10.7 Å². The van der Waals surface area contributed by atoms with E-state index in [1.54, 1.807) is 45.2 Å². The lowest BCUT2D eigenvalue weighted by Crippen LogP contribution is -2.28. The number of carbonyl (C=O) groups excluding carboxylic acids is 1. The van der Waals surface area contributed by atoms with Gasteiger partial charge in [-0.25, -0.2) is 14.2 Å². The highest BCUT2D eigenvalue weighted by molar-refractivity contribution is 5.87. The Bertz CT molecular complexity index is 1070. The normalized spacial score (nSPS) is 13.6. The van der Waals surface area contributed by atoms with Crippen LogP contribution in [-0.4, -0.2) is 33.0 Å². The van der Waals surface area contributed by atoms with Crippen molar-refractivity contribution >= 4 is 11.9 Å². The molecule has 2 aromatic heterocycles. The Morgan fingerprint density at radius 2 is 1.97 bits per heavy atom. The van der Waals surface area contributed by atoms with Crippen LogP contribution in [0.25, 0.3) is 22.4 Å². The minimum atomic E-state index is -0.603. The zero-order chi connectivity index (χ0) is 21.3. The highest BCUT2D eigenvalue weighted by Crippen LogP contribution is 2.36. The molecule has 0 saturated carbocycles. The minimum Gasteiger partial charge on any atom is -0.444 e. The van der Waals surface area contributed by atoms with Gasteiger partial charge in [-0.05, 0) is 62.7 Å². The van der Waals surface area contributed by atoms with E-state index < -0.39 is 11.7 Å². The highest BCUT2D eigenvalue weighted by atomic mass is 19.1. The number of benzene rings is 1. The van der Waals surface area contributed by atoms with Gasteiger partial charge in [-0.15, -0.1) is 0 Å². The van der Waals surface area contributed by atoms with Gasteiger partial charge in [0.1, 0.15) is 22.9 Å². The van der Waals surface area contributed by atoms with Crippen molar-refractivity contribution in [2.75, 3.05) is 11.9 Å². The smallest absolute Gasteiger partial charge is 0.413 e. The summed E-state index contributed by atoms with van der Waals surface area (Å²) < 4.78 is 20.7. The Morgan fingerprint density at radius 1 is 1.20 bits per heavy atom. The monoisotopic (exact) mass is 409 g/mol. The molecule has 7 nitrogen and oxygen atoms in total. The van der Waals surface area contributed by atoms with E-state index in [9.17, 15) is 9.18 Å². The Morgan fingerprint density at radius 3 is 2.70 bits per heavy atom. The molecule has 3 heterocycles. The topological polar surface area (TPSA) is 81.1 Å². The number of nitrogens with zero attached hydrogens (tertiary/aromatic N) is 3. The van der Waals surface area contributed by atoms with Gasteiger partial charge in [0, 0.05) is 30.4 Å².